The summed E-state index contributed by atoms with van der Waals surface area (Å²) >= 11 is 17.6. The molecule has 0 aliphatic heterocycles. The lowest BCUT2D eigenvalue weighted by Crippen LogP contribution is -2.54. The maximum atomic E-state index is 11.8. The Morgan fingerprint density at radius 1 is 1.15 bits per heavy atom. The fraction of sp³-hybridized carbons (Fsp3) is 0.375. The molecule has 0 saturated carbocycles. The Balaban J connectivity index is 2.40. The third-order valence-electron chi connectivity index (χ3n) is 2.96. The molecule has 1 rings (SSSR count). The van der Waals surface area contributed by atoms with Crippen LogP contribution in [0.5, 0.6) is 5.75 Å². The summed E-state index contributed by atoms with van der Waals surface area (Å²) in [4.78, 5) is 28.0. The number of quaternary nitrogens is 1. The maximum absolute atomic E-state index is 11.8. The molecule has 1 N–H and O–H groups in total. The number of benzene rings is 1. The van der Waals surface area contributed by atoms with Crippen LogP contribution in [0.2, 0.25) is 15.1 Å². The average molecular weight is 427 g/mol. The second-order valence-electron chi connectivity index (χ2n) is 5.88. The molecule has 0 saturated heterocycles. The number of nitrogens with one attached hydrogen (secondary N) is 1. The van der Waals surface area contributed by atoms with Crippen molar-refractivity contribution in [3.05, 3.63) is 39.4 Å². The summed E-state index contributed by atoms with van der Waals surface area (Å²) in [7, 11) is 3.44. The highest BCUT2D eigenvalue weighted by Crippen LogP contribution is 2.33. The van der Waals surface area contributed by atoms with Crippen LogP contribution in [0.15, 0.2) is 24.3 Å². The van der Waals surface area contributed by atoms with Gasteiger partial charge in [-0.15, -0.1) is 0 Å². The normalized spacial score (nSPS) is 11.0. The Labute approximate surface area is 166 Å². The van der Waals surface area contributed by atoms with E-state index in [0.717, 1.165) is 0 Å². The molecule has 0 unspecified atom stereocenters. The van der Waals surface area contributed by atoms with E-state index >= 15 is 0 Å². The minimum Gasteiger partial charge on any atom is -0.480 e. The maximum Gasteiger partial charge on any atom is 0.367 e. The molecule has 1 aromatic rings. The molecule has 0 bridgehead atoms. The van der Waals surface area contributed by atoms with Gasteiger partial charge in [0.25, 0.3) is 0 Å². The fourth-order valence-corrected chi connectivity index (χ4v) is 2.08. The molecule has 0 aliphatic carbocycles. The van der Waals surface area contributed by atoms with Crippen molar-refractivity contribution in [2.24, 2.45) is 0 Å². The number of carbonyl (C=O) groups is 2. The zero-order chi connectivity index (χ0) is 19.9. The number of rotatable bonds is 9. The van der Waals surface area contributed by atoms with Crippen LogP contribution in [-0.2, 0) is 19.2 Å². The molecule has 0 heterocycles. The second kappa shape index (κ2) is 9.99. The molecule has 0 aromatic heterocycles. The van der Waals surface area contributed by atoms with Gasteiger partial charge in [0.15, 0.2) is 6.61 Å². The first kappa shape index (κ1) is 22.5. The Bertz CT molecular complexity index is 695. The van der Waals surface area contributed by atoms with E-state index in [1.54, 1.807) is 21.0 Å². The number of nitrogens with zero attached hydrogens (tertiary/aromatic N) is 1. The van der Waals surface area contributed by atoms with E-state index in [4.69, 9.17) is 49.1 Å². The minimum atomic E-state index is -0.683. The number of likely N-dealkylation sites (N-methyl/N-ethyl adjacent to an activating group) is 1. The molecule has 7 nitrogen and oxygen atoms in total. The van der Waals surface area contributed by atoms with Gasteiger partial charge in [-0.25, -0.2) is 14.2 Å². The molecule has 0 amide bonds. The summed E-state index contributed by atoms with van der Waals surface area (Å²) in [6, 6.07) is 2.82. The summed E-state index contributed by atoms with van der Waals surface area (Å²) in [6.07, 6.45) is 0. The van der Waals surface area contributed by atoms with Gasteiger partial charge in [0, 0.05) is 17.2 Å². The highest BCUT2D eigenvalue weighted by molar-refractivity contribution is 6.43. The molecule has 0 aliphatic rings. The molecule has 10 heteroatoms. The zero-order valence-electron chi connectivity index (χ0n) is 14.6. The number of carbonyl (C=O) groups excluding carboxylic acids is 2. The van der Waals surface area contributed by atoms with Crippen molar-refractivity contribution < 1.29 is 28.5 Å². The van der Waals surface area contributed by atoms with Crippen molar-refractivity contribution in [1.29, 1.82) is 0 Å². The molecular formula is C16H20Cl3N2O5+. The topological polar surface area (TPSA) is 73.9 Å². The van der Waals surface area contributed by atoms with Crippen molar-refractivity contribution in [2.75, 3.05) is 33.9 Å². The van der Waals surface area contributed by atoms with Gasteiger partial charge in [-0.05, 0) is 13.0 Å². The average Bonchev–Trinajstić information content (AvgIpc) is 2.54. The predicted molar refractivity (Wildman–Crippen MR) is 98.9 cm³/mol. The van der Waals surface area contributed by atoms with Crippen molar-refractivity contribution in [2.45, 2.75) is 6.92 Å². The highest BCUT2D eigenvalue weighted by Gasteiger charge is 2.19. The van der Waals surface area contributed by atoms with Gasteiger partial charge < -0.3 is 14.3 Å². The van der Waals surface area contributed by atoms with E-state index in [2.05, 4.69) is 12.2 Å². The minimum absolute atomic E-state index is 0.0583. The smallest absolute Gasteiger partial charge is 0.367 e. The van der Waals surface area contributed by atoms with E-state index in [1.807, 2.05) is 0 Å². The third kappa shape index (κ3) is 7.80. The van der Waals surface area contributed by atoms with Crippen molar-refractivity contribution in [1.82, 2.24) is 5.59 Å². The number of esters is 1. The molecular weight excluding hydrogens is 407 g/mol. The Kier molecular flexibility index (Phi) is 8.66. The number of ether oxygens (including phenoxy) is 2. The van der Waals surface area contributed by atoms with E-state index < -0.39 is 18.5 Å². The van der Waals surface area contributed by atoms with Crippen LogP contribution in [0.3, 0.4) is 0 Å². The quantitative estimate of drug-likeness (QED) is 0.215. The van der Waals surface area contributed by atoms with Crippen molar-refractivity contribution in [3.8, 4) is 5.75 Å². The standard InChI is InChI=1S/C16H20Cl3N2O5/c1-10(2)16(23)24-6-5-21(3,4)20-26-15(22)9-25-14-8-12(18)11(17)7-13(14)19/h7-8,20H,1,5-6,9H2,2-4H3/q+1. The third-order valence-corrected chi connectivity index (χ3v) is 3.98. The van der Waals surface area contributed by atoms with E-state index in [9.17, 15) is 9.59 Å². The SMILES string of the molecule is C=C(C)C(=O)OCC[N+](C)(C)NOC(=O)COc1cc(Cl)c(Cl)cc1Cl. The number of hydrogen-bond donors (Lipinski definition) is 1. The van der Waals surface area contributed by atoms with Crippen LogP contribution in [0.1, 0.15) is 6.92 Å². The molecule has 144 valence electrons. The van der Waals surface area contributed by atoms with Gasteiger partial charge in [0.1, 0.15) is 18.9 Å². The van der Waals surface area contributed by atoms with Crippen LogP contribution in [0.25, 0.3) is 0 Å². The molecule has 1 aromatic carbocycles. The summed E-state index contributed by atoms with van der Waals surface area (Å²) < 4.78 is 10.3. The van der Waals surface area contributed by atoms with Crippen LogP contribution >= 0.6 is 34.8 Å². The van der Waals surface area contributed by atoms with Gasteiger partial charge in [-0.3, -0.25) is 0 Å². The fourth-order valence-electron chi connectivity index (χ4n) is 1.49. The van der Waals surface area contributed by atoms with E-state index in [0.29, 0.717) is 12.1 Å². The van der Waals surface area contributed by atoms with Crippen LogP contribution in [0, 0.1) is 0 Å². The lowest BCUT2D eigenvalue weighted by Gasteiger charge is -2.27. The summed E-state index contributed by atoms with van der Waals surface area (Å²) in [5, 5.41) is 0.745. The Morgan fingerprint density at radius 2 is 1.77 bits per heavy atom. The highest BCUT2D eigenvalue weighted by atomic mass is 35.5. The second-order valence-corrected chi connectivity index (χ2v) is 7.10. The first-order chi connectivity index (χ1) is 12.0. The first-order valence-corrected chi connectivity index (χ1v) is 8.55. The largest absolute Gasteiger partial charge is 0.480 e. The number of hydrogen-bond acceptors (Lipinski definition) is 6. The Hall–Kier alpha value is -1.51. The van der Waals surface area contributed by atoms with Crippen molar-refractivity contribution >= 4 is 46.7 Å². The van der Waals surface area contributed by atoms with E-state index in [-0.39, 0.29) is 32.0 Å². The van der Waals surface area contributed by atoms with Gasteiger partial charge in [0.2, 0.25) is 0 Å². The predicted octanol–water partition coefficient (Wildman–Crippen LogP) is 3.18. The Morgan fingerprint density at radius 3 is 2.38 bits per heavy atom. The number of halogens is 3. The van der Waals surface area contributed by atoms with Crippen LogP contribution in [-0.4, -0.2) is 50.4 Å². The monoisotopic (exact) mass is 425 g/mol. The van der Waals surface area contributed by atoms with Gasteiger partial charge in [0.05, 0.1) is 29.2 Å². The molecule has 26 heavy (non-hydrogen) atoms. The van der Waals surface area contributed by atoms with E-state index in [1.165, 1.54) is 12.1 Å². The summed E-state index contributed by atoms with van der Waals surface area (Å²) in [6.45, 7) is 5.13. The lowest BCUT2D eigenvalue weighted by atomic mass is 10.3. The van der Waals surface area contributed by atoms with Crippen molar-refractivity contribution in [3.63, 3.8) is 0 Å². The van der Waals surface area contributed by atoms with Gasteiger partial charge >= 0.3 is 11.9 Å². The van der Waals surface area contributed by atoms with Gasteiger partial charge in [-0.2, -0.15) is 0 Å². The summed E-state index contributed by atoms with van der Waals surface area (Å²) in [5.41, 5.74) is 2.86. The van der Waals surface area contributed by atoms with Crippen LogP contribution in [0.4, 0.5) is 0 Å². The lowest BCUT2D eigenvalue weighted by molar-refractivity contribution is -0.958. The molecule has 0 fully saturated rings. The molecule has 0 atom stereocenters. The molecule has 0 radical (unpaired) electrons. The summed E-state index contributed by atoms with van der Waals surface area (Å²) in [5.74, 6) is -0.954. The van der Waals surface area contributed by atoms with Crippen LogP contribution < -0.4 is 10.3 Å². The molecule has 0 spiro atoms. The first-order valence-electron chi connectivity index (χ1n) is 7.42. The van der Waals surface area contributed by atoms with Gasteiger partial charge in [-0.1, -0.05) is 41.4 Å². The zero-order valence-corrected chi connectivity index (χ0v) is 16.9.